The maximum Gasteiger partial charge on any atom is 0.370 e. The van der Waals surface area contributed by atoms with Crippen LogP contribution in [-0.2, 0) is 61.7 Å². The van der Waals surface area contributed by atoms with E-state index in [0.717, 1.165) is 6.42 Å². The molecule has 0 aromatic heterocycles. The van der Waals surface area contributed by atoms with Gasteiger partial charge in [-0.05, 0) is 44.2 Å². The quantitative estimate of drug-likeness (QED) is 0.120. The van der Waals surface area contributed by atoms with Crippen LogP contribution in [0.1, 0.15) is 81.3 Å². The molecule has 7 aromatic rings. The molecule has 0 nitrogen and oxygen atoms in total. The van der Waals surface area contributed by atoms with E-state index in [2.05, 4.69) is 145 Å². The van der Waals surface area contributed by atoms with Crippen LogP contribution in [0.25, 0.3) is 43.8 Å². The predicted octanol–water partition coefficient (Wildman–Crippen LogP) is 18.4. The van der Waals surface area contributed by atoms with Gasteiger partial charge in [0, 0.05) is 26.2 Å². The van der Waals surface area contributed by atoms with Crippen LogP contribution in [0.2, 0.25) is 0 Å². The summed E-state index contributed by atoms with van der Waals surface area (Å²) < 4.78 is 144. The van der Waals surface area contributed by atoms with E-state index in [1.165, 1.54) is 54.9 Å². The third-order valence-electron chi connectivity index (χ3n) is 10.2. The first-order valence-electron chi connectivity index (χ1n) is 20.4. The van der Waals surface area contributed by atoms with Gasteiger partial charge in [-0.15, -0.1) is 58.3 Å². The van der Waals surface area contributed by atoms with Gasteiger partial charge >= 0.3 is 24.7 Å². The van der Waals surface area contributed by atoms with E-state index in [0.29, 0.717) is 24.3 Å². The normalized spacial score (nSPS) is 12.7. The van der Waals surface area contributed by atoms with E-state index in [1.54, 1.807) is 12.1 Å². The van der Waals surface area contributed by atoms with Crippen LogP contribution in [-0.4, -0.2) is 0 Å². The number of hydrogen-bond donors (Lipinski definition) is 0. The second-order valence-electron chi connectivity index (χ2n) is 17.4. The van der Waals surface area contributed by atoms with Crippen molar-refractivity contribution in [3.63, 3.8) is 0 Å². The first kappa shape index (κ1) is 57.0. The van der Waals surface area contributed by atoms with E-state index < -0.39 is 47.0 Å². The van der Waals surface area contributed by atoms with Gasteiger partial charge in [-0.2, -0.15) is 95.2 Å². The van der Waals surface area contributed by atoms with E-state index in [4.69, 9.17) is 0 Å². The zero-order chi connectivity index (χ0) is 48.9. The van der Waals surface area contributed by atoms with Gasteiger partial charge in [-0.3, -0.25) is 6.08 Å². The average molecular weight is 1030 g/mol. The molecule has 0 bridgehead atoms. The van der Waals surface area contributed by atoms with Crippen LogP contribution in [0.4, 0.5) is 52.7 Å². The number of benzene rings is 6. The van der Waals surface area contributed by atoms with E-state index in [9.17, 15) is 52.7 Å². The molecule has 0 heterocycles. The Labute approximate surface area is 408 Å². The largest absolute Gasteiger partial charge is 0.370 e. The molecule has 0 unspecified atom stereocenters. The minimum atomic E-state index is -4.78. The molecule has 0 aliphatic heterocycles. The van der Waals surface area contributed by atoms with E-state index in [-0.39, 0.29) is 56.6 Å². The zero-order valence-corrected chi connectivity index (χ0v) is 40.6. The van der Waals surface area contributed by atoms with Crippen molar-refractivity contribution in [3.8, 4) is 22.3 Å². The number of alkyl halides is 12. The molecule has 0 spiro atoms. The summed E-state index contributed by atoms with van der Waals surface area (Å²) in [4.78, 5) is 0. The molecule has 68 heavy (non-hydrogen) atoms. The molecule has 0 radical (unpaired) electrons. The molecule has 7 aromatic carbocycles. The molecule has 8 rings (SSSR count). The van der Waals surface area contributed by atoms with Crippen LogP contribution in [0.3, 0.4) is 0 Å². The molecule has 0 N–H and O–H groups in total. The van der Waals surface area contributed by atoms with Crippen molar-refractivity contribution in [3.05, 3.63) is 205 Å². The van der Waals surface area contributed by atoms with Crippen molar-refractivity contribution in [2.24, 2.45) is 0 Å². The third-order valence-corrected chi connectivity index (χ3v) is 10.2. The summed E-state index contributed by atoms with van der Waals surface area (Å²) in [6, 6.07) is 39.3. The Bertz CT molecular complexity index is 2520. The number of fused-ring (bicyclic) bond motifs is 3. The molecule has 0 saturated heterocycles. The zero-order valence-electron chi connectivity index (χ0n) is 38.1. The Morgan fingerprint density at radius 2 is 0.779 bits per heavy atom. The van der Waals surface area contributed by atoms with E-state index in [1.807, 2.05) is 12.2 Å². The maximum absolute atomic E-state index is 12.0. The summed E-state index contributed by atoms with van der Waals surface area (Å²) in [7, 11) is 0. The smallest absolute Gasteiger partial charge is 0.358 e. The monoisotopic (exact) mass is 1030 g/mol. The SMILES string of the molecule is CC(C)(C)c1cc2c(cc1-c1ccccc1)[cH-]c1cc(-c3ccccc3)c(C(C)(C)C)cc12.FC(F)(F)c1c[c-]cc(C(F)(F)F)c1.FC(F)(F)c1c[c-]cc(C(F)(F)F)c1.[C-]1=CC=CC1.[CH3-].[Zr]. The van der Waals surface area contributed by atoms with Crippen molar-refractivity contribution in [2.75, 3.05) is 0 Å². The summed E-state index contributed by atoms with van der Waals surface area (Å²) in [6.07, 6.45) is -9.12. The Balaban J connectivity index is 0.000000290. The third kappa shape index (κ3) is 15.1. The van der Waals surface area contributed by atoms with Crippen molar-refractivity contribution in [1.29, 1.82) is 0 Å². The molecule has 1 aliphatic carbocycles. The van der Waals surface area contributed by atoms with Gasteiger partial charge < -0.3 is 7.43 Å². The molecule has 0 atom stereocenters. The summed E-state index contributed by atoms with van der Waals surface area (Å²) in [5.74, 6) is 0. The fourth-order valence-electron chi connectivity index (χ4n) is 7.00. The van der Waals surface area contributed by atoms with Gasteiger partial charge in [0.15, 0.2) is 0 Å². The van der Waals surface area contributed by atoms with Gasteiger partial charge in [0.05, 0.1) is 0 Å². The average Bonchev–Trinajstić information content (AvgIpc) is 3.94. The van der Waals surface area contributed by atoms with Crippen LogP contribution in [0, 0.1) is 25.6 Å². The molecule has 1 aliphatic rings. The molecule has 0 amide bonds. The topological polar surface area (TPSA) is 0 Å². The first-order chi connectivity index (χ1) is 30.5. The van der Waals surface area contributed by atoms with Gasteiger partial charge in [-0.25, -0.2) is 12.2 Å². The standard InChI is InChI=1S/C33H33.2C8H3F6.C5H5.CH3.Zr/c1-32(2,3)30-20-26-24(18-28(30)22-13-9-7-10-14-22)17-25-19-29(23-15-11-8-12-16-23)31(21-27(25)26)33(4,5)6;2*9-7(10,11)5-2-1-3-6(4-5)8(12,13)14;1-2-4-5-3-1;;/h7-21H,1-6H3;2*2-4H;1-3H,4H2;1H3;/q5*-1;. The van der Waals surface area contributed by atoms with Crippen molar-refractivity contribution in [2.45, 2.75) is 83.5 Å². The summed E-state index contributed by atoms with van der Waals surface area (Å²) in [6.45, 7) is 13.9. The summed E-state index contributed by atoms with van der Waals surface area (Å²) in [5, 5.41) is 5.36. The Kier molecular flexibility index (Phi) is 18.8. The van der Waals surface area contributed by atoms with Gasteiger partial charge in [0.2, 0.25) is 0 Å². The van der Waals surface area contributed by atoms with Crippen LogP contribution in [0.5, 0.6) is 0 Å². The number of rotatable bonds is 2. The van der Waals surface area contributed by atoms with Crippen molar-refractivity contribution >= 4 is 21.5 Å². The van der Waals surface area contributed by atoms with Crippen LogP contribution < -0.4 is 0 Å². The first-order valence-corrected chi connectivity index (χ1v) is 20.4. The van der Waals surface area contributed by atoms with Gasteiger partial charge in [0.25, 0.3) is 0 Å². The van der Waals surface area contributed by atoms with Crippen LogP contribution >= 0.6 is 0 Å². The summed E-state index contributed by atoms with van der Waals surface area (Å²) >= 11 is 0. The van der Waals surface area contributed by atoms with Gasteiger partial charge in [-0.1, -0.05) is 137 Å². The molecule has 13 heteroatoms. The molecule has 0 fully saturated rings. The number of allylic oxidation sites excluding steroid dienone is 4. The van der Waals surface area contributed by atoms with Crippen molar-refractivity contribution < 1.29 is 78.9 Å². The fraction of sp³-hybridized carbons (Fsp3) is 0.236. The minimum absolute atomic E-state index is 0. The fourth-order valence-corrected chi connectivity index (χ4v) is 7.00. The summed E-state index contributed by atoms with van der Waals surface area (Å²) in [5.41, 5.74) is 2.75. The molecular weight excluding hydrogens is 980 g/mol. The second kappa shape index (κ2) is 22.4. The van der Waals surface area contributed by atoms with Gasteiger partial charge in [0.1, 0.15) is 0 Å². The Morgan fingerprint density at radius 3 is 1.01 bits per heavy atom. The van der Waals surface area contributed by atoms with Crippen molar-refractivity contribution in [1.82, 2.24) is 0 Å². The Hall–Kier alpha value is -5.29. The van der Waals surface area contributed by atoms with E-state index >= 15 is 0 Å². The maximum atomic E-state index is 12.0. The minimum Gasteiger partial charge on any atom is -0.358 e. The Morgan fingerprint density at radius 1 is 0.456 bits per heavy atom. The predicted molar refractivity (Wildman–Crippen MR) is 244 cm³/mol. The molecule has 360 valence electrons. The molecule has 0 saturated carbocycles. The second-order valence-corrected chi connectivity index (χ2v) is 17.4. The number of halogens is 12. The number of hydrogen-bond acceptors (Lipinski definition) is 0. The molecular formula is C55H47F12Zr-5. The van der Waals surface area contributed by atoms with Crippen LogP contribution in [0.15, 0.2) is 146 Å².